The number of carbonyl (C=O) groups is 1. The van der Waals surface area contributed by atoms with E-state index in [0.29, 0.717) is 18.0 Å². The first kappa shape index (κ1) is 25.5. The van der Waals surface area contributed by atoms with Gasteiger partial charge in [0.05, 0.1) is 0 Å². The monoisotopic (exact) mass is 367 g/mol. The summed E-state index contributed by atoms with van der Waals surface area (Å²) in [6.07, 6.45) is 21.3. The van der Waals surface area contributed by atoms with Crippen molar-refractivity contribution < 1.29 is 4.79 Å². The maximum atomic E-state index is 12.3. The van der Waals surface area contributed by atoms with Gasteiger partial charge in [-0.25, -0.2) is 0 Å². The average Bonchev–Trinajstić information content (AvgIpc) is 2.57. The fourth-order valence-electron chi connectivity index (χ4n) is 3.95. The molecule has 0 heterocycles. The van der Waals surface area contributed by atoms with Crippen molar-refractivity contribution in [2.24, 2.45) is 0 Å². The molecule has 0 saturated heterocycles. The van der Waals surface area contributed by atoms with Crippen LogP contribution in [0.4, 0.5) is 0 Å². The Bertz CT molecular complexity index is 303. The maximum absolute atomic E-state index is 12.3. The summed E-state index contributed by atoms with van der Waals surface area (Å²) in [7, 11) is 0. The molecule has 1 amide bonds. The maximum Gasteiger partial charge on any atom is 0.223 e. The Morgan fingerprint density at radius 3 is 1.19 bits per heavy atom. The number of amides is 1. The molecule has 0 radical (unpaired) electrons. The highest BCUT2D eigenvalue weighted by Gasteiger charge is 2.18. The van der Waals surface area contributed by atoms with Crippen LogP contribution in [0, 0.1) is 0 Å². The zero-order valence-corrected chi connectivity index (χ0v) is 18.8. The highest BCUT2D eigenvalue weighted by molar-refractivity contribution is 5.76. The van der Waals surface area contributed by atoms with Crippen LogP contribution in [0.15, 0.2) is 0 Å². The van der Waals surface area contributed by atoms with Crippen molar-refractivity contribution >= 4 is 5.91 Å². The topological polar surface area (TPSA) is 20.3 Å². The molecule has 0 bridgehead atoms. The van der Waals surface area contributed by atoms with Gasteiger partial charge in [0, 0.05) is 18.5 Å². The second kappa shape index (κ2) is 17.9. The first-order chi connectivity index (χ1) is 12.5. The van der Waals surface area contributed by atoms with E-state index in [9.17, 15) is 4.79 Å². The summed E-state index contributed by atoms with van der Waals surface area (Å²) in [5, 5.41) is 0. The number of hydrogen-bond donors (Lipinski definition) is 0. The molecule has 0 N–H and O–H groups in total. The third-order valence-corrected chi connectivity index (χ3v) is 5.39. The summed E-state index contributed by atoms with van der Waals surface area (Å²) in [6, 6.07) is 0.637. The van der Waals surface area contributed by atoms with Gasteiger partial charge in [-0.3, -0.25) is 4.79 Å². The lowest BCUT2D eigenvalue weighted by molar-refractivity contribution is -0.134. The highest BCUT2D eigenvalue weighted by atomic mass is 16.2. The third kappa shape index (κ3) is 14.6. The minimum atomic E-state index is 0.318. The number of rotatable bonds is 18. The molecule has 0 aromatic carbocycles. The van der Waals surface area contributed by atoms with E-state index in [1.165, 1.54) is 89.9 Å². The number of unbranched alkanes of at least 4 members (excludes halogenated alkanes) is 14. The van der Waals surface area contributed by atoms with E-state index in [-0.39, 0.29) is 0 Å². The van der Waals surface area contributed by atoms with Crippen molar-refractivity contribution in [3.63, 3.8) is 0 Å². The van der Waals surface area contributed by atoms with Gasteiger partial charge in [-0.1, -0.05) is 96.8 Å². The summed E-state index contributed by atoms with van der Waals surface area (Å²) in [6.45, 7) is 10.7. The third-order valence-electron chi connectivity index (χ3n) is 5.39. The molecular weight excluding hydrogens is 318 g/mol. The molecule has 0 rings (SSSR count). The van der Waals surface area contributed by atoms with Gasteiger partial charge in [-0.15, -0.1) is 0 Å². The van der Waals surface area contributed by atoms with Crippen LogP contribution in [0.2, 0.25) is 0 Å². The first-order valence-electron chi connectivity index (χ1n) is 11.8. The normalized spacial score (nSPS) is 11.5. The van der Waals surface area contributed by atoms with Crippen molar-refractivity contribution in [1.82, 2.24) is 4.90 Å². The van der Waals surface area contributed by atoms with Crippen LogP contribution in [-0.2, 0) is 4.79 Å². The average molecular weight is 368 g/mol. The van der Waals surface area contributed by atoms with Gasteiger partial charge in [0.15, 0.2) is 0 Å². The molecular formula is C24H49NO. The van der Waals surface area contributed by atoms with Crippen molar-refractivity contribution in [2.45, 2.75) is 149 Å². The molecule has 0 aliphatic heterocycles. The Morgan fingerprint density at radius 2 is 0.885 bits per heavy atom. The van der Waals surface area contributed by atoms with Gasteiger partial charge in [0.2, 0.25) is 5.91 Å². The molecule has 0 saturated carbocycles. The highest BCUT2D eigenvalue weighted by Crippen LogP contribution is 2.15. The fraction of sp³-hybridized carbons (Fsp3) is 0.958. The van der Waals surface area contributed by atoms with Crippen molar-refractivity contribution in [3.05, 3.63) is 0 Å². The van der Waals surface area contributed by atoms with E-state index < -0.39 is 0 Å². The van der Waals surface area contributed by atoms with E-state index in [1.807, 2.05) is 4.90 Å². The molecule has 2 heteroatoms. The lowest BCUT2D eigenvalue weighted by Gasteiger charge is -2.30. The lowest BCUT2D eigenvalue weighted by Crippen LogP contribution is -2.41. The van der Waals surface area contributed by atoms with Crippen LogP contribution in [0.25, 0.3) is 0 Å². The summed E-state index contributed by atoms with van der Waals surface area (Å²) in [5.74, 6) is 0.338. The predicted octanol–water partition coefficient (Wildman–Crippen LogP) is 7.89. The fourth-order valence-corrected chi connectivity index (χ4v) is 3.95. The number of hydrogen-bond acceptors (Lipinski definition) is 1. The van der Waals surface area contributed by atoms with Gasteiger partial charge in [-0.05, 0) is 34.1 Å². The molecule has 0 unspecified atom stereocenters. The zero-order valence-electron chi connectivity index (χ0n) is 18.8. The van der Waals surface area contributed by atoms with Gasteiger partial charge in [-0.2, -0.15) is 0 Å². The van der Waals surface area contributed by atoms with Crippen LogP contribution in [-0.4, -0.2) is 22.9 Å². The largest absolute Gasteiger partial charge is 0.338 e. The summed E-state index contributed by atoms with van der Waals surface area (Å²) < 4.78 is 0. The van der Waals surface area contributed by atoms with Crippen LogP contribution in [0.3, 0.4) is 0 Å². The molecule has 0 aliphatic carbocycles. The van der Waals surface area contributed by atoms with E-state index in [4.69, 9.17) is 0 Å². The molecule has 0 atom stereocenters. The Morgan fingerprint density at radius 1 is 0.577 bits per heavy atom. The molecule has 0 aromatic rings. The Labute approximate surface area is 165 Å². The van der Waals surface area contributed by atoms with Crippen molar-refractivity contribution in [3.8, 4) is 0 Å². The summed E-state index contributed by atoms with van der Waals surface area (Å²) >= 11 is 0. The smallest absolute Gasteiger partial charge is 0.223 e. The van der Waals surface area contributed by atoms with Gasteiger partial charge in [0.1, 0.15) is 0 Å². The second-order valence-electron chi connectivity index (χ2n) is 8.69. The Kier molecular flexibility index (Phi) is 17.5. The molecule has 26 heavy (non-hydrogen) atoms. The van der Waals surface area contributed by atoms with Gasteiger partial charge in [0.25, 0.3) is 0 Å². The standard InChI is InChI=1S/C24H49NO/c1-6-7-8-9-10-11-12-13-14-15-16-17-18-19-20-21-24(26)25(22(2)3)23(4)5/h22-23H,6-21H2,1-5H3. The minimum absolute atomic E-state index is 0.318. The van der Waals surface area contributed by atoms with Crippen LogP contribution in [0.5, 0.6) is 0 Å². The lowest BCUT2D eigenvalue weighted by atomic mass is 10.0. The van der Waals surface area contributed by atoms with Crippen LogP contribution in [0.1, 0.15) is 137 Å². The van der Waals surface area contributed by atoms with E-state index in [2.05, 4.69) is 34.6 Å². The first-order valence-corrected chi connectivity index (χ1v) is 11.8. The van der Waals surface area contributed by atoms with Crippen molar-refractivity contribution in [2.75, 3.05) is 0 Å². The predicted molar refractivity (Wildman–Crippen MR) is 117 cm³/mol. The minimum Gasteiger partial charge on any atom is -0.338 e. The quantitative estimate of drug-likeness (QED) is 0.225. The van der Waals surface area contributed by atoms with E-state index >= 15 is 0 Å². The van der Waals surface area contributed by atoms with Gasteiger partial charge < -0.3 is 4.90 Å². The second-order valence-corrected chi connectivity index (χ2v) is 8.69. The van der Waals surface area contributed by atoms with Gasteiger partial charge >= 0.3 is 0 Å². The summed E-state index contributed by atoms with van der Waals surface area (Å²) in [5.41, 5.74) is 0. The van der Waals surface area contributed by atoms with Crippen molar-refractivity contribution in [1.29, 1.82) is 0 Å². The molecule has 0 fully saturated rings. The molecule has 156 valence electrons. The van der Waals surface area contributed by atoms with Crippen LogP contribution >= 0.6 is 0 Å². The molecule has 0 aliphatic rings. The zero-order chi connectivity index (χ0) is 19.6. The van der Waals surface area contributed by atoms with E-state index in [0.717, 1.165) is 12.8 Å². The number of carbonyl (C=O) groups excluding carboxylic acids is 1. The summed E-state index contributed by atoms with van der Waals surface area (Å²) in [4.78, 5) is 14.3. The molecule has 0 spiro atoms. The van der Waals surface area contributed by atoms with E-state index in [1.54, 1.807) is 0 Å². The number of nitrogens with zero attached hydrogens (tertiary/aromatic N) is 1. The molecule has 2 nitrogen and oxygen atoms in total. The Hall–Kier alpha value is -0.530. The van der Waals surface area contributed by atoms with Crippen LogP contribution < -0.4 is 0 Å². The SMILES string of the molecule is CCCCCCCCCCCCCCCCCC(=O)N(C(C)C)C(C)C. The Balaban J connectivity index is 3.35. The molecule has 0 aromatic heterocycles.